The van der Waals surface area contributed by atoms with Crippen molar-refractivity contribution < 1.29 is 40.7 Å². The second-order valence-corrected chi connectivity index (χ2v) is 9.14. The molecule has 0 radical (unpaired) electrons. The summed E-state index contributed by atoms with van der Waals surface area (Å²) in [4.78, 5) is 25.4. The predicted molar refractivity (Wildman–Crippen MR) is 119 cm³/mol. The molecule has 0 aromatic heterocycles. The summed E-state index contributed by atoms with van der Waals surface area (Å²) in [5, 5.41) is 9.97. The molecule has 0 amide bonds. The maximum Gasteiger partial charge on any atom is 0.355 e. The number of anilines is 1. The molecule has 0 spiro atoms. The van der Waals surface area contributed by atoms with Gasteiger partial charge in [-0.1, -0.05) is 30.3 Å². The minimum Gasteiger partial charge on any atom is -0.466 e. The number of halogens is 3. The summed E-state index contributed by atoms with van der Waals surface area (Å²) in [7, 11) is -3.52. The monoisotopic (exact) mass is 521 g/mol. The lowest BCUT2D eigenvalue weighted by molar-refractivity contribution is -0.139. The molecule has 0 saturated carbocycles. The van der Waals surface area contributed by atoms with Gasteiger partial charge in [-0.05, 0) is 23.8 Å². The van der Waals surface area contributed by atoms with Crippen LogP contribution < -0.4 is 10.6 Å². The molecule has 1 atom stereocenters. The molecule has 0 fully saturated rings. The van der Waals surface area contributed by atoms with E-state index in [0.717, 1.165) is 26.4 Å². The highest BCUT2D eigenvalue weighted by molar-refractivity contribution is 7.91. The summed E-state index contributed by atoms with van der Waals surface area (Å²) in [5.74, 6) is -9.35. The molecule has 1 unspecified atom stereocenters. The second kappa shape index (κ2) is 10.1. The molecule has 2 aromatic rings. The first kappa shape index (κ1) is 26.3. The first-order valence-corrected chi connectivity index (χ1v) is 11.5. The van der Waals surface area contributed by atoms with Gasteiger partial charge in [0.2, 0.25) is 9.84 Å². The fourth-order valence-corrected chi connectivity index (χ4v) is 4.68. The number of nitriles is 1. The highest BCUT2D eigenvalue weighted by Gasteiger charge is 2.44. The Kier molecular flexibility index (Phi) is 7.40. The summed E-state index contributed by atoms with van der Waals surface area (Å²) >= 11 is 0. The Morgan fingerprint density at radius 2 is 1.69 bits per heavy atom. The zero-order valence-corrected chi connectivity index (χ0v) is 19.6. The molecule has 2 aromatic carbocycles. The number of methoxy groups -OCH3 is 2. The van der Waals surface area contributed by atoms with Gasteiger partial charge in [0.05, 0.1) is 47.9 Å². The number of hydrogen-bond acceptors (Lipinski definition) is 9. The molecule has 36 heavy (non-hydrogen) atoms. The zero-order valence-electron chi connectivity index (χ0n) is 18.7. The summed E-state index contributed by atoms with van der Waals surface area (Å²) in [6.07, 6.45) is 0. The fourth-order valence-electron chi connectivity index (χ4n) is 3.76. The van der Waals surface area contributed by atoms with Crippen molar-refractivity contribution in [2.45, 2.75) is 16.6 Å². The number of benzene rings is 2. The van der Waals surface area contributed by atoms with Gasteiger partial charge in [0, 0.05) is 0 Å². The van der Waals surface area contributed by atoms with E-state index in [1.807, 2.05) is 6.07 Å². The number of nitrogens with two attached hydrogens (primary N) is 1. The molecule has 3 rings (SSSR count). The molecule has 1 aliphatic heterocycles. The molecule has 13 heteroatoms. The summed E-state index contributed by atoms with van der Waals surface area (Å²) in [6, 6.07) is 11.5. The number of alkyl halides is 2. The van der Waals surface area contributed by atoms with E-state index in [1.54, 1.807) is 18.2 Å². The lowest BCUT2D eigenvalue weighted by atomic mass is 9.81. The third-order valence-corrected chi connectivity index (χ3v) is 6.72. The maximum absolute atomic E-state index is 14.0. The smallest absolute Gasteiger partial charge is 0.355 e. The van der Waals surface area contributed by atoms with Crippen LogP contribution in [0.1, 0.15) is 11.5 Å². The normalized spacial score (nSPS) is 16.1. The van der Waals surface area contributed by atoms with Crippen LogP contribution in [0.15, 0.2) is 76.1 Å². The molecule has 1 heterocycles. The number of hydrogen-bond donors (Lipinski definition) is 1. The maximum atomic E-state index is 14.0. The van der Waals surface area contributed by atoms with E-state index in [9.17, 15) is 36.4 Å². The van der Waals surface area contributed by atoms with E-state index >= 15 is 0 Å². The van der Waals surface area contributed by atoms with Crippen LogP contribution in [0, 0.1) is 17.1 Å². The number of rotatable bonds is 6. The van der Waals surface area contributed by atoms with Crippen LogP contribution in [0.25, 0.3) is 0 Å². The van der Waals surface area contributed by atoms with Crippen molar-refractivity contribution in [3.05, 3.63) is 82.6 Å². The highest BCUT2D eigenvalue weighted by atomic mass is 32.2. The van der Waals surface area contributed by atoms with Crippen LogP contribution in [0.4, 0.5) is 18.9 Å². The summed E-state index contributed by atoms with van der Waals surface area (Å²) in [6.45, 7) is 0. The van der Waals surface area contributed by atoms with Gasteiger partial charge < -0.3 is 15.2 Å². The number of carbonyl (C=O) groups excluding carboxylic acids is 2. The topological polar surface area (TPSA) is 140 Å². The van der Waals surface area contributed by atoms with E-state index in [2.05, 4.69) is 0 Å². The molecule has 0 saturated heterocycles. The second-order valence-electron chi connectivity index (χ2n) is 7.25. The van der Waals surface area contributed by atoms with Crippen molar-refractivity contribution in [1.29, 1.82) is 5.26 Å². The minimum atomic E-state index is -5.46. The summed E-state index contributed by atoms with van der Waals surface area (Å²) < 4.78 is 75.4. The third-order valence-electron chi connectivity index (χ3n) is 5.31. The standard InChI is InChI=1S/C23H18F3N3O6S/c1-34-21(30)18-17(12-6-4-3-5-7-12)14(11-27)20(28)29(19(18)22(31)35-2)15-9-8-13(24)10-16(15)36(32,33)23(25)26/h3-10,17,23H,28H2,1-2H3. The van der Waals surface area contributed by atoms with Crippen molar-refractivity contribution >= 4 is 27.5 Å². The average Bonchev–Trinajstić information content (AvgIpc) is 2.87. The van der Waals surface area contributed by atoms with E-state index in [4.69, 9.17) is 15.2 Å². The first-order valence-electron chi connectivity index (χ1n) is 9.98. The predicted octanol–water partition coefficient (Wildman–Crippen LogP) is 2.72. The number of allylic oxidation sites excluding steroid dienone is 1. The SMILES string of the molecule is COC(=O)C1=C(C(=O)OC)N(c2ccc(F)cc2S(=O)(=O)C(F)F)C(N)=C(C#N)C1c1ccccc1. The van der Waals surface area contributed by atoms with Gasteiger partial charge in [0.1, 0.15) is 17.3 Å². The van der Waals surface area contributed by atoms with Gasteiger partial charge in [-0.25, -0.2) is 22.4 Å². The van der Waals surface area contributed by atoms with Crippen LogP contribution in [-0.4, -0.2) is 40.3 Å². The highest BCUT2D eigenvalue weighted by Crippen LogP contribution is 2.45. The Bertz CT molecular complexity index is 1430. The molecule has 0 aliphatic carbocycles. The van der Waals surface area contributed by atoms with Crippen LogP contribution >= 0.6 is 0 Å². The van der Waals surface area contributed by atoms with Crippen LogP contribution in [0.3, 0.4) is 0 Å². The lowest BCUT2D eigenvalue weighted by Gasteiger charge is -2.36. The number of carbonyl (C=O) groups is 2. The van der Waals surface area contributed by atoms with Gasteiger partial charge >= 0.3 is 17.7 Å². The Hall–Kier alpha value is -4.31. The molecule has 9 nitrogen and oxygen atoms in total. The minimum absolute atomic E-state index is 0.312. The van der Waals surface area contributed by atoms with Crippen molar-refractivity contribution in [3.63, 3.8) is 0 Å². The lowest BCUT2D eigenvalue weighted by Crippen LogP contribution is -2.41. The third kappa shape index (κ3) is 4.38. The summed E-state index contributed by atoms with van der Waals surface area (Å²) in [5.41, 5.74) is 4.32. The van der Waals surface area contributed by atoms with Gasteiger partial charge in [0.15, 0.2) is 0 Å². The Balaban J connectivity index is 2.52. The van der Waals surface area contributed by atoms with Gasteiger partial charge in [-0.15, -0.1) is 0 Å². The average molecular weight is 521 g/mol. The first-order chi connectivity index (χ1) is 17.0. The Labute approximate surface area is 203 Å². The van der Waals surface area contributed by atoms with E-state index in [1.165, 1.54) is 12.1 Å². The van der Waals surface area contributed by atoms with E-state index in [-0.39, 0.29) is 5.57 Å². The molecule has 2 N–H and O–H groups in total. The van der Waals surface area contributed by atoms with Crippen LogP contribution in [0.5, 0.6) is 0 Å². The number of ether oxygens (including phenoxy) is 2. The molecular weight excluding hydrogens is 503 g/mol. The van der Waals surface area contributed by atoms with Gasteiger partial charge in [-0.3, -0.25) is 4.90 Å². The van der Waals surface area contributed by atoms with Gasteiger partial charge in [0.25, 0.3) is 0 Å². The van der Waals surface area contributed by atoms with E-state index in [0.29, 0.717) is 16.5 Å². The van der Waals surface area contributed by atoms with Crippen LogP contribution in [0.2, 0.25) is 0 Å². The van der Waals surface area contributed by atoms with Crippen molar-refractivity contribution in [2.75, 3.05) is 19.1 Å². The molecule has 0 bridgehead atoms. The van der Waals surface area contributed by atoms with Crippen molar-refractivity contribution in [2.24, 2.45) is 5.73 Å². The molecule has 188 valence electrons. The number of nitrogens with zero attached hydrogens (tertiary/aromatic N) is 2. The fraction of sp³-hybridized carbons (Fsp3) is 0.174. The largest absolute Gasteiger partial charge is 0.466 e. The number of sulfone groups is 1. The Morgan fingerprint density at radius 3 is 2.22 bits per heavy atom. The van der Waals surface area contributed by atoms with Crippen LogP contribution in [-0.2, 0) is 28.9 Å². The van der Waals surface area contributed by atoms with E-state index < -0.39 is 66.9 Å². The Morgan fingerprint density at radius 1 is 1.08 bits per heavy atom. The van der Waals surface area contributed by atoms with Gasteiger partial charge in [-0.2, -0.15) is 14.0 Å². The van der Waals surface area contributed by atoms with Crippen molar-refractivity contribution in [3.8, 4) is 6.07 Å². The molecular formula is C23H18F3N3O6S. The zero-order chi connectivity index (χ0) is 26.8. The quantitative estimate of drug-likeness (QED) is 0.568. The number of esters is 2. The molecule has 1 aliphatic rings. The van der Waals surface area contributed by atoms with Crippen molar-refractivity contribution in [1.82, 2.24) is 0 Å².